The summed E-state index contributed by atoms with van der Waals surface area (Å²) in [5, 5.41) is 16.1. The van der Waals surface area contributed by atoms with Gasteiger partial charge in [-0.2, -0.15) is 10.2 Å². The van der Waals surface area contributed by atoms with Crippen LogP contribution in [0.25, 0.3) is 6.08 Å². The molecule has 3 amide bonds. The molecular formula is C32H27BrN6O3. The molecule has 1 saturated heterocycles. The fourth-order valence-corrected chi connectivity index (χ4v) is 6.61. The first-order chi connectivity index (χ1) is 20.5. The molecule has 3 aromatic carbocycles. The van der Waals surface area contributed by atoms with E-state index in [-0.39, 0.29) is 24.4 Å². The number of rotatable bonds is 5. The highest BCUT2D eigenvalue weighted by Crippen LogP contribution is 2.44. The van der Waals surface area contributed by atoms with Crippen LogP contribution in [0.4, 0.5) is 5.69 Å². The van der Waals surface area contributed by atoms with Gasteiger partial charge in [0.1, 0.15) is 6.54 Å². The molecule has 0 aromatic heterocycles. The molecule has 0 spiro atoms. The van der Waals surface area contributed by atoms with Gasteiger partial charge in [-0.05, 0) is 66.3 Å². The summed E-state index contributed by atoms with van der Waals surface area (Å²) in [5.41, 5.74) is 4.63. The van der Waals surface area contributed by atoms with Crippen molar-refractivity contribution in [3.63, 3.8) is 0 Å². The molecule has 4 atom stereocenters. The lowest BCUT2D eigenvalue weighted by Gasteiger charge is -2.30. The number of hydrogen-bond acceptors (Lipinski definition) is 7. The monoisotopic (exact) mass is 622 g/mol. The summed E-state index contributed by atoms with van der Waals surface area (Å²) >= 11 is 3.38. The van der Waals surface area contributed by atoms with Crippen molar-refractivity contribution >= 4 is 51.1 Å². The average Bonchev–Trinajstić information content (AvgIpc) is 3.68. The highest BCUT2D eigenvalue weighted by molar-refractivity contribution is 9.10. The molecule has 9 nitrogen and oxygen atoms in total. The molecule has 3 aliphatic heterocycles. The zero-order valence-corrected chi connectivity index (χ0v) is 24.2. The van der Waals surface area contributed by atoms with Crippen molar-refractivity contribution in [2.24, 2.45) is 21.4 Å². The van der Waals surface area contributed by atoms with Crippen molar-refractivity contribution in [1.29, 1.82) is 0 Å². The number of fused-ring (bicyclic) bond motifs is 2. The van der Waals surface area contributed by atoms with E-state index in [0.717, 1.165) is 51.0 Å². The molecule has 0 bridgehead atoms. The molecule has 1 aliphatic carbocycles. The minimum absolute atomic E-state index is 0.0515. The normalized spacial score (nSPS) is 25.7. The number of anilines is 1. The van der Waals surface area contributed by atoms with Gasteiger partial charge in [0.2, 0.25) is 0 Å². The van der Waals surface area contributed by atoms with Crippen molar-refractivity contribution < 1.29 is 14.4 Å². The minimum atomic E-state index is -0.980. The Morgan fingerprint density at radius 2 is 1.62 bits per heavy atom. The summed E-state index contributed by atoms with van der Waals surface area (Å²) in [6, 6.07) is 24.8. The zero-order chi connectivity index (χ0) is 28.8. The molecule has 4 unspecified atom stereocenters. The van der Waals surface area contributed by atoms with E-state index in [1.54, 1.807) is 29.3 Å². The van der Waals surface area contributed by atoms with Gasteiger partial charge < -0.3 is 0 Å². The summed E-state index contributed by atoms with van der Waals surface area (Å²) in [5.74, 6) is -1.14. The SMILES string of the molecule is O=C1C2N=NN(CC(=O)N3N=C4/C(=C\c5ccccc5)CCCC4C3c3ccccc3)C2C(=O)N1c1ccc(Br)cc1. The van der Waals surface area contributed by atoms with Gasteiger partial charge in [0, 0.05) is 10.4 Å². The standard InChI is InChI=1S/C32H27BrN6O3/c33-23-14-16-24(17-15-23)38-31(41)28-30(32(38)42)37(36-34-28)19-26(40)39-29(21-10-5-2-6-11-21)25-13-7-12-22(27(25)35-39)18-20-8-3-1-4-9-20/h1-6,8-11,14-18,25,28-30H,7,12-13,19H2/b22-18-. The number of carbonyl (C=O) groups is 3. The van der Waals surface area contributed by atoms with Gasteiger partial charge in [-0.1, -0.05) is 81.8 Å². The molecule has 7 rings (SSSR count). The van der Waals surface area contributed by atoms with Crippen LogP contribution in [0.2, 0.25) is 0 Å². The van der Waals surface area contributed by atoms with E-state index in [2.05, 4.69) is 44.5 Å². The van der Waals surface area contributed by atoms with E-state index in [1.165, 1.54) is 5.01 Å². The predicted octanol–water partition coefficient (Wildman–Crippen LogP) is 5.57. The van der Waals surface area contributed by atoms with Crippen molar-refractivity contribution in [3.05, 3.63) is 106 Å². The van der Waals surface area contributed by atoms with E-state index in [4.69, 9.17) is 5.10 Å². The average molecular weight is 624 g/mol. The van der Waals surface area contributed by atoms with Crippen LogP contribution in [-0.4, -0.2) is 52.1 Å². The van der Waals surface area contributed by atoms with Crippen molar-refractivity contribution in [3.8, 4) is 0 Å². The number of carbonyl (C=O) groups excluding carboxylic acids is 3. The first-order valence-electron chi connectivity index (χ1n) is 14.0. The van der Waals surface area contributed by atoms with E-state index in [0.29, 0.717) is 5.69 Å². The Bertz CT molecular complexity index is 1640. The van der Waals surface area contributed by atoms with Crippen LogP contribution in [0.3, 0.4) is 0 Å². The van der Waals surface area contributed by atoms with Gasteiger partial charge >= 0.3 is 0 Å². The summed E-state index contributed by atoms with van der Waals surface area (Å²) < 4.78 is 0.833. The lowest BCUT2D eigenvalue weighted by molar-refractivity contribution is -0.136. The first kappa shape index (κ1) is 26.5. The van der Waals surface area contributed by atoms with Crippen LogP contribution < -0.4 is 4.90 Å². The fraction of sp³-hybridized carbons (Fsp3) is 0.250. The highest BCUT2D eigenvalue weighted by atomic mass is 79.9. The molecule has 3 aromatic rings. The van der Waals surface area contributed by atoms with Crippen LogP contribution in [0.15, 0.2) is 110 Å². The van der Waals surface area contributed by atoms with Crippen molar-refractivity contribution in [2.45, 2.75) is 37.4 Å². The molecule has 3 heterocycles. The number of amides is 3. The predicted molar refractivity (Wildman–Crippen MR) is 161 cm³/mol. The lowest BCUT2D eigenvalue weighted by Crippen LogP contribution is -2.45. The number of halogens is 1. The molecular weight excluding hydrogens is 596 g/mol. The summed E-state index contributed by atoms with van der Waals surface area (Å²) in [6.45, 7) is -0.220. The van der Waals surface area contributed by atoms with Gasteiger partial charge in [-0.3, -0.25) is 19.4 Å². The Labute approximate surface area is 251 Å². The second kappa shape index (κ2) is 10.8. The van der Waals surface area contributed by atoms with Crippen molar-refractivity contribution in [2.75, 3.05) is 11.4 Å². The number of imide groups is 1. The topological polar surface area (TPSA) is 98.0 Å². The maximum Gasteiger partial charge on any atom is 0.264 e. The quantitative estimate of drug-likeness (QED) is 0.348. The smallest absolute Gasteiger partial charge is 0.264 e. The van der Waals surface area contributed by atoms with Crippen LogP contribution in [0.5, 0.6) is 0 Å². The Balaban J connectivity index is 1.18. The third-order valence-corrected chi connectivity index (χ3v) is 8.81. The zero-order valence-electron chi connectivity index (χ0n) is 22.6. The van der Waals surface area contributed by atoms with Crippen LogP contribution in [0.1, 0.15) is 36.4 Å². The number of nitrogens with zero attached hydrogens (tertiary/aromatic N) is 6. The Hall–Kier alpha value is -4.44. The van der Waals surface area contributed by atoms with E-state index >= 15 is 0 Å². The van der Waals surface area contributed by atoms with Gasteiger partial charge in [0.25, 0.3) is 17.7 Å². The number of hydrazone groups is 1. The molecule has 0 radical (unpaired) electrons. The molecule has 42 heavy (non-hydrogen) atoms. The second-order valence-electron chi connectivity index (χ2n) is 10.8. The molecule has 1 saturated carbocycles. The number of hydrogen-bond donors (Lipinski definition) is 0. The van der Waals surface area contributed by atoms with Gasteiger partial charge in [-0.25, -0.2) is 9.91 Å². The highest BCUT2D eigenvalue weighted by Gasteiger charge is 2.55. The van der Waals surface area contributed by atoms with Crippen LogP contribution in [-0.2, 0) is 14.4 Å². The van der Waals surface area contributed by atoms with Crippen LogP contribution >= 0.6 is 15.9 Å². The maximum atomic E-state index is 14.0. The molecule has 210 valence electrons. The molecule has 2 fully saturated rings. The lowest BCUT2D eigenvalue weighted by atomic mass is 9.77. The van der Waals surface area contributed by atoms with Gasteiger partial charge in [-0.15, -0.1) is 0 Å². The van der Waals surface area contributed by atoms with Crippen molar-refractivity contribution in [1.82, 2.24) is 10.0 Å². The third kappa shape index (κ3) is 4.56. The number of allylic oxidation sites excluding steroid dienone is 1. The van der Waals surface area contributed by atoms with Gasteiger partial charge in [0.05, 0.1) is 17.4 Å². The minimum Gasteiger partial charge on any atom is -0.271 e. The maximum absolute atomic E-state index is 14.0. The first-order valence-corrected chi connectivity index (χ1v) is 14.8. The fourth-order valence-electron chi connectivity index (χ4n) is 6.35. The summed E-state index contributed by atoms with van der Waals surface area (Å²) in [6.07, 6.45) is 4.97. The van der Waals surface area contributed by atoms with Gasteiger partial charge in [0.15, 0.2) is 12.1 Å². The Kier molecular flexibility index (Phi) is 6.78. The largest absolute Gasteiger partial charge is 0.271 e. The van der Waals surface area contributed by atoms with E-state index in [9.17, 15) is 14.4 Å². The molecule has 4 aliphatic rings. The molecule has 10 heteroatoms. The Morgan fingerprint density at radius 1 is 0.905 bits per heavy atom. The van der Waals surface area contributed by atoms with E-state index < -0.39 is 23.9 Å². The van der Waals surface area contributed by atoms with Crippen LogP contribution in [0, 0.1) is 5.92 Å². The second-order valence-corrected chi connectivity index (χ2v) is 11.8. The summed E-state index contributed by atoms with van der Waals surface area (Å²) in [4.78, 5) is 41.8. The molecule has 0 N–H and O–H groups in total. The van der Waals surface area contributed by atoms with E-state index in [1.807, 2.05) is 48.5 Å². The Morgan fingerprint density at radius 3 is 2.36 bits per heavy atom. The number of benzene rings is 3. The summed E-state index contributed by atoms with van der Waals surface area (Å²) in [7, 11) is 0. The third-order valence-electron chi connectivity index (χ3n) is 8.28.